The van der Waals surface area contributed by atoms with Crippen LogP contribution in [0.3, 0.4) is 0 Å². The second-order valence-corrected chi connectivity index (χ2v) is 8.90. The van der Waals surface area contributed by atoms with E-state index in [1.807, 2.05) is 30.0 Å². The number of piperidine rings is 1. The Morgan fingerprint density at radius 3 is 2.61 bits per heavy atom. The van der Waals surface area contributed by atoms with Gasteiger partial charge in [0.2, 0.25) is 0 Å². The first-order chi connectivity index (χ1) is 15.9. The number of rotatable bonds is 3. The molecule has 1 N–H and O–H groups in total. The molecule has 5 rings (SSSR count). The fourth-order valence-corrected chi connectivity index (χ4v) is 5.16. The van der Waals surface area contributed by atoms with Crippen molar-refractivity contribution < 1.29 is 9.18 Å². The number of anilines is 1. The molecule has 0 aliphatic carbocycles. The van der Waals surface area contributed by atoms with E-state index in [2.05, 4.69) is 32.2 Å². The number of hydrogen-bond donors (Lipinski definition) is 1. The van der Waals surface area contributed by atoms with Crippen LogP contribution in [0.1, 0.15) is 43.1 Å². The highest BCUT2D eigenvalue weighted by atomic mass is 19.1. The minimum Gasteiger partial charge on any atom is -0.308 e. The molecule has 2 amide bonds. The second kappa shape index (κ2) is 7.89. The molecule has 2 fully saturated rings. The van der Waals surface area contributed by atoms with Crippen molar-refractivity contribution in [3.05, 3.63) is 65.8 Å². The second-order valence-electron chi connectivity index (χ2n) is 8.90. The quantitative estimate of drug-likeness (QED) is 0.651. The molecule has 2 aliphatic rings. The molecule has 0 unspecified atom stereocenters. The van der Waals surface area contributed by atoms with Crippen LogP contribution in [-0.4, -0.2) is 36.9 Å². The molecule has 0 spiro atoms. The van der Waals surface area contributed by atoms with Crippen molar-refractivity contribution in [2.45, 2.75) is 44.7 Å². The van der Waals surface area contributed by atoms with E-state index in [1.54, 1.807) is 6.07 Å². The maximum Gasteiger partial charge on any atom is 0.322 e. The first-order valence-electron chi connectivity index (χ1n) is 10.8. The van der Waals surface area contributed by atoms with Gasteiger partial charge in [-0.2, -0.15) is 5.26 Å². The first kappa shape index (κ1) is 20.9. The highest BCUT2D eigenvalue weighted by molar-refractivity contribution is 5.92. The molecule has 2 bridgehead atoms. The van der Waals surface area contributed by atoms with Gasteiger partial charge in [0.1, 0.15) is 11.6 Å². The number of aryl methyl sites for hydroxylation is 1. The molecule has 3 atom stereocenters. The molecule has 33 heavy (non-hydrogen) atoms. The summed E-state index contributed by atoms with van der Waals surface area (Å²) in [5.41, 5.74) is 2.05. The van der Waals surface area contributed by atoms with Gasteiger partial charge in [0.15, 0.2) is 17.5 Å². The van der Waals surface area contributed by atoms with Crippen LogP contribution in [0, 0.1) is 30.0 Å². The third-order valence-corrected chi connectivity index (χ3v) is 6.53. The van der Waals surface area contributed by atoms with Crippen LogP contribution in [-0.2, 0) is 5.54 Å². The number of hydrogen-bond acceptors (Lipinski definition) is 6. The van der Waals surface area contributed by atoms with Crippen LogP contribution in [0.25, 0.3) is 11.4 Å². The molecule has 2 aromatic heterocycles. The van der Waals surface area contributed by atoms with E-state index in [0.717, 1.165) is 42.8 Å². The van der Waals surface area contributed by atoms with E-state index < -0.39 is 11.4 Å². The lowest BCUT2D eigenvalue weighted by atomic mass is 9.64. The Morgan fingerprint density at radius 1 is 1.18 bits per heavy atom. The summed E-state index contributed by atoms with van der Waals surface area (Å²) in [4.78, 5) is 32.2. The Morgan fingerprint density at radius 2 is 1.91 bits per heavy atom. The van der Waals surface area contributed by atoms with Gasteiger partial charge >= 0.3 is 6.03 Å². The maximum absolute atomic E-state index is 13.4. The van der Waals surface area contributed by atoms with Crippen molar-refractivity contribution in [3.8, 4) is 17.5 Å². The third kappa shape index (κ3) is 3.57. The van der Waals surface area contributed by atoms with Crippen LogP contribution in [0.5, 0.6) is 0 Å². The summed E-state index contributed by atoms with van der Waals surface area (Å²) in [6, 6.07) is 7.41. The number of fused-ring (bicyclic) bond motifs is 2. The normalized spacial score (nSPS) is 23.4. The van der Waals surface area contributed by atoms with Crippen LogP contribution >= 0.6 is 0 Å². The molecule has 166 valence electrons. The monoisotopic (exact) mass is 443 g/mol. The minimum atomic E-state index is -0.575. The number of urea groups is 1. The molecule has 0 saturated carbocycles. The molecule has 1 aromatic carbocycles. The lowest BCUT2D eigenvalue weighted by Crippen LogP contribution is -2.70. The Hall–Kier alpha value is -3.93. The number of halogens is 1. The summed E-state index contributed by atoms with van der Waals surface area (Å²) in [5.74, 6) is 0.897. The summed E-state index contributed by atoms with van der Waals surface area (Å²) in [6.45, 7) is 4.08. The average molecular weight is 443 g/mol. The van der Waals surface area contributed by atoms with Crippen LogP contribution in [0.15, 0.2) is 43.0 Å². The summed E-state index contributed by atoms with van der Waals surface area (Å²) in [7, 11) is 0. The highest BCUT2D eigenvalue weighted by Crippen LogP contribution is 2.55. The first-order valence-corrected chi connectivity index (χ1v) is 10.8. The van der Waals surface area contributed by atoms with Gasteiger partial charge in [-0.3, -0.25) is 0 Å². The van der Waals surface area contributed by atoms with Gasteiger partial charge in [-0.1, -0.05) is 13.0 Å². The number of nitriles is 1. The highest BCUT2D eigenvalue weighted by Gasteiger charge is 2.60. The Bertz CT molecular complexity index is 1260. The van der Waals surface area contributed by atoms with Gasteiger partial charge < -0.3 is 10.2 Å². The topological polar surface area (TPSA) is 108 Å². The number of carbonyl (C=O) groups is 1. The molecule has 2 saturated heterocycles. The fraction of sp³-hybridized carbons (Fsp3) is 0.333. The van der Waals surface area contributed by atoms with E-state index in [0.29, 0.717) is 28.8 Å². The summed E-state index contributed by atoms with van der Waals surface area (Å²) in [6.07, 6.45) is 7.76. The number of nitrogens with zero attached hydrogens (tertiary/aromatic N) is 6. The zero-order chi connectivity index (χ0) is 23.2. The summed E-state index contributed by atoms with van der Waals surface area (Å²) < 4.78 is 13.2. The fourth-order valence-electron chi connectivity index (χ4n) is 5.16. The molecular weight excluding hydrogens is 421 g/mol. The van der Waals surface area contributed by atoms with Crippen molar-refractivity contribution >= 4 is 11.7 Å². The van der Waals surface area contributed by atoms with Gasteiger partial charge in [-0.25, -0.2) is 29.1 Å². The SMILES string of the molecule is Cc1ccc(NC(=O)N2[C@@H]3C[C@H](C)C[C@@]2(c2ncc(C#N)cn2)C3)cc1-c1ncc(F)cn1. The predicted molar refractivity (Wildman–Crippen MR) is 118 cm³/mol. The standard InChI is InChI=1S/C24H22FN7O/c1-14-5-19-8-24(7-14,22-29-10-16(9-26)11-30-22)32(19)23(33)31-18-4-3-15(2)20(6-18)21-27-12-17(25)13-28-21/h3-4,6,10-14,19H,5,7-8H2,1-2H3,(H,31,33)/t14-,19+,24-/m0/s1. The molecule has 0 radical (unpaired) electrons. The van der Waals surface area contributed by atoms with Crippen molar-refractivity contribution in [1.82, 2.24) is 24.8 Å². The smallest absolute Gasteiger partial charge is 0.308 e. The van der Waals surface area contributed by atoms with E-state index in [1.165, 1.54) is 12.4 Å². The van der Waals surface area contributed by atoms with Crippen molar-refractivity contribution in [3.63, 3.8) is 0 Å². The largest absolute Gasteiger partial charge is 0.322 e. The van der Waals surface area contributed by atoms with Crippen molar-refractivity contribution in [2.75, 3.05) is 5.32 Å². The van der Waals surface area contributed by atoms with Crippen LogP contribution < -0.4 is 5.32 Å². The number of benzene rings is 1. The number of amides is 2. The number of carbonyl (C=O) groups excluding carboxylic acids is 1. The van der Waals surface area contributed by atoms with Crippen molar-refractivity contribution in [2.24, 2.45) is 5.92 Å². The van der Waals surface area contributed by atoms with E-state index in [-0.39, 0.29) is 12.1 Å². The van der Waals surface area contributed by atoms with E-state index >= 15 is 0 Å². The zero-order valence-corrected chi connectivity index (χ0v) is 18.3. The molecule has 3 aromatic rings. The van der Waals surface area contributed by atoms with Gasteiger partial charge in [-0.15, -0.1) is 0 Å². The Labute approximate surface area is 190 Å². The number of aromatic nitrogens is 4. The van der Waals surface area contributed by atoms with Gasteiger partial charge in [0.05, 0.1) is 18.0 Å². The lowest BCUT2D eigenvalue weighted by Gasteiger charge is -2.62. The molecule has 2 aliphatic heterocycles. The molecule has 4 heterocycles. The average Bonchev–Trinajstić information content (AvgIpc) is 2.80. The summed E-state index contributed by atoms with van der Waals surface area (Å²) in [5, 5.41) is 12.1. The minimum absolute atomic E-state index is 0.110. The Kier molecular flexibility index (Phi) is 5.01. The molecule has 8 nitrogen and oxygen atoms in total. The van der Waals surface area contributed by atoms with Gasteiger partial charge in [0, 0.05) is 29.7 Å². The van der Waals surface area contributed by atoms with Crippen LogP contribution in [0.4, 0.5) is 14.9 Å². The lowest BCUT2D eigenvalue weighted by molar-refractivity contribution is -0.100. The van der Waals surface area contributed by atoms with Crippen LogP contribution in [0.2, 0.25) is 0 Å². The summed E-state index contributed by atoms with van der Waals surface area (Å²) >= 11 is 0. The van der Waals surface area contributed by atoms with E-state index in [4.69, 9.17) is 5.26 Å². The zero-order valence-electron chi connectivity index (χ0n) is 18.3. The number of nitrogens with one attached hydrogen (secondary N) is 1. The van der Waals surface area contributed by atoms with Crippen molar-refractivity contribution in [1.29, 1.82) is 5.26 Å². The van der Waals surface area contributed by atoms with Gasteiger partial charge in [-0.05, 0) is 49.8 Å². The maximum atomic E-state index is 13.4. The molecule has 9 heteroatoms. The Balaban J connectivity index is 1.43. The predicted octanol–water partition coefficient (Wildman–Crippen LogP) is 4.18. The van der Waals surface area contributed by atoms with Gasteiger partial charge in [0.25, 0.3) is 0 Å². The van der Waals surface area contributed by atoms with E-state index in [9.17, 15) is 9.18 Å². The molecular formula is C24H22FN7O. The third-order valence-electron chi connectivity index (χ3n) is 6.53.